The Morgan fingerprint density at radius 1 is 0.776 bits per heavy atom. The first kappa shape index (κ1) is 37.8. The molecule has 4 aliphatic rings. The number of anilines is 5. The van der Waals surface area contributed by atoms with Crippen LogP contribution >= 0.6 is 0 Å². The Balaban J connectivity index is 0.000000139. The number of nitrogens with zero attached hydrogens (tertiary/aromatic N) is 9. The van der Waals surface area contributed by atoms with Crippen LogP contribution in [0, 0.1) is 25.5 Å². The number of urea groups is 1. The van der Waals surface area contributed by atoms with Crippen molar-refractivity contribution in [3.63, 3.8) is 0 Å². The molecule has 2 atom stereocenters. The number of carboxylic acid groups (broad SMARTS) is 1. The Bertz CT molecular complexity index is 2440. The third-order valence-electron chi connectivity index (χ3n) is 10.3. The summed E-state index contributed by atoms with van der Waals surface area (Å²) in [5, 5.41) is 14.6. The van der Waals surface area contributed by atoms with Crippen LogP contribution in [0.25, 0.3) is 22.5 Å². The number of amides is 2. The van der Waals surface area contributed by atoms with Gasteiger partial charge < -0.3 is 25.5 Å². The highest BCUT2D eigenvalue weighted by Crippen LogP contribution is 2.42. The van der Waals surface area contributed by atoms with Gasteiger partial charge in [-0.3, -0.25) is 24.8 Å². The van der Waals surface area contributed by atoms with Gasteiger partial charge in [-0.25, -0.2) is 28.3 Å². The summed E-state index contributed by atoms with van der Waals surface area (Å²) >= 11 is 0. The van der Waals surface area contributed by atoms with Gasteiger partial charge in [0.2, 0.25) is 0 Å². The molecular weight excluding hydrogens is 745 g/mol. The highest BCUT2D eigenvalue weighted by Gasteiger charge is 2.41. The summed E-state index contributed by atoms with van der Waals surface area (Å²) < 4.78 is 29.3. The van der Waals surface area contributed by atoms with Crippen LogP contribution < -0.4 is 25.3 Å². The molecule has 0 unspecified atom stereocenters. The van der Waals surface area contributed by atoms with Crippen LogP contribution in [0.1, 0.15) is 34.6 Å². The summed E-state index contributed by atoms with van der Waals surface area (Å²) in [5.74, 6) is -0.398. The first-order valence-corrected chi connectivity index (χ1v) is 18.8. The van der Waals surface area contributed by atoms with E-state index in [0.29, 0.717) is 46.6 Å². The zero-order chi connectivity index (χ0) is 40.3. The van der Waals surface area contributed by atoms with Gasteiger partial charge in [-0.2, -0.15) is 0 Å². The van der Waals surface area contributed by atoms with Crippen LogP contribution in [0.2, 0.25) is 0 Å². The topological polar surface area (TPSA) is 165 Å². The fourth-order valence-electron chi connectivity index (χ4n) is 7.33. The van der Waals surface area contributed by atoms with Crippen molar-refractivity contribution >= 4 is 40.7 Å². The number of aromatic carboxylic acids is 1. The quantitative estimate of drug-likeness (QED) is 0.168. The maximum absolute atomic E-state index is 14.9. The van der Waals surface area contributed by atoms with Gasteiger partial charge in [-0.15, -0.1) is 0 Å². The molecule has 58 heavy (non-hydrogen) atoms. The van der Waals surface area contributed by atoms with Crippen molar-refractivity contribution in [2.24, 2.45) is 0 Å². The normalized spacial score (nSPS) is 16.8. The van der Waals surface area contributed by atoms with Crippen molar-refractivity contribution in [3.05, 3.63) is 126 Å². The molecule has 0 aromatic carbocycles. The van der Waals surface area contributed by atoms with Crippen LogP contribution in [-0.4, -0.2) is 85.3 Å². The molecule has 294 valence electrons. The van der Waals surface area contributed by atoms with E-state index in [0.717, 1.165) is 55.4 Å². The molecule has 2 fully saturated rings. The molecule has 2 amide bonds. The van der Waals surface area contributed by atoms with E-state index in [1.807, 2.05) is 32.0 Å². The first-order chi connectivity index (χ1) is 28.1. The predicted molar refractivity (Wildman–Crippen MR) is 216 cm³/mol. The lowest BCUT2D eigenvalue weighted by Crippen LogP contribution is -2.48. The number of hydrogen-bond donors (Lipinski definition) is 3. The lowest BCUT2D eigenvalue weighted by atomic mass is 10.1. The minimum absolute atomic E-state index is 0.0128. The third kappa shape index (κ3) is 7.94. The molecule has 4 aliphatic heterocycles. The maximum Gasteiger partial charge on any atom is 0.337 e. The van der Waals surface area contributed by atoms with E-state index < -0.39 is 11.8 Å². The Hall–Kier alpha value is -7.10. The van der Waals surface area contributed by atoms with Gasteiger partial charge >= 0.3 is 12.0 Å². The smallest absolute Gasteiger partial charge is 0.337 e. The zero-order valence-corrected chi connectivity index (χ0v) is 31.7. The highest BCUT2D eigenvalue weighted by atomic mass is 19.1. The minimum Gasteiger partial charge on any atom is -0.478 e. The number of aryl methyl sites for hydroxylation is 2. The molecule has 14 nitrogen and oxygen atoms in total. The lowest BCUT2D eigenvalue weighted by molar-refractivity contribution is 0.0696. The number of hydrogen-bond acceptors (Lipinski definition) is 11. The van der Waals surface area contributed by atoms with E-state index in [2.05, 4.69) is 50.3 Å². The van der Waals surface area contributed by atoms with Crippen molar-refractivity contribution in [3.8, 4) is 22.5 Å². The van der Waals surface area contributed by atoms with Gasteiger partial charge in [-0.05, 0) is 75.2 Å². The Kier molecular flexibility index (Phi) is 10.5. The Labute approximate surface area is 332 Å². The van der Waals surface area contributed by atoms with Gasteiger partial charge in [0.1, 0.15) is 11.4 Å². The minimum atomic E-state index is -0.942. The molecule has 4 bridgehead atoms. The van der Waals surface area contributed by atoms with Crippen LogP contribution in [-0.2, 0) is 0 Å². The molecule has 16 heteroatoms. The molecule has 10 heterocycles. The van der Waals surface area contributed by atoms with Crippen LogP contribution in [0.5, 0.6) is 0 Å². The average molecular weight is 784 g/mol. The van der Waals surface area contributed by atoms with E-state index >= 15 is 0 Å². The van der Waals surface area contributed by atoms with Gasteiger partial charge in [0.05, 0.1) is 34.9 Å². The fourth-order valence-corrected chi connectivity index (χ4v) is 7.33. The third-order valence-corrected chi connectivity index (χ3v) is 10.3. The molecule has 3 N–H and O–H groups in total. The van der Waals surface area contributed by atoms with Gasteiger partial charge in [0.25, 0.3) is 0 Å². The van der Waals surface area contributed by atoms with Crippen LogP contribution in [0.3, 0.4) is 0 Å². The summed E-state index contributed by atoms with van der Waals surface area (Å²) in [7, 11) is 0. The largest absolute Gasteiger partial charge is 0.478 e. The van der Waals surface area contributed by atoms with Gasteiger partial charge in [0, 0.05) is 97.9 Å². The molecular formula is C42H39F2N11O3. The van der Waals surface area contributed by atoms with E-state index in [9.17, 15) is 18.4 Å². The zero-order valence-electron chi connectivity index (χ0n) is 31.7. The van der Waals surface area contributed by atoms with E-state index in [1.54, 1.807) is 60.0 Å². The number of nitrogens with one attached hydrogen (secondary N) is 2. The van der Waals surface area contributed by atoms with Crippen molar-refractivity contribution in [1.82, 2.24) is 29.9 Å². The predicted octanol–water partition coefficient (Wildman–Crippen LogP) is 6.99. The van der Waals surface area contributed by atoms with E-state index in [4.69, 9.17) is 5.11 Å². The molecule has 0 aliphatic carbocycles. The molecule has 6 aromatic heterocycles. The molecule has 0 saturated carbocycles. The number of rotatable bonds is 4. The summed E-state index contributed by atoms with van der Waals surface area (Å²) in [4.78, 5) is 54.4. The number of fused-ring (bicyclic) bond motifs is 8. The molecule has 0 spiro atoms. The standard InChI is InChI=1S/C21H19FN6O.C15H15FN4.C6H5NO2/c1-13-4-5-14(10-24-13)19-17(22)9-18-20(26-19)28(16-6-8-27(18)12-16)21(29)25-15-3-2-7-23-11-15;1-9-2-3-10(7-17-9)14-12(16)6-13-15(19-14)18-11-4-5-20(13)8-11;8-6(9)5-2-1-3-7-4-5/h2-5,7,9-11,16H,6,8,12H2,1H3,(H,25,29);2-3,6-7,11H,4-5,8H2,1H3,(H,18,19);1-4H,(H,8,9)/t16-;11-;/m00./s1. The van der Waals surface area contributed by atoms with Crippen molar-refractivity contribution in [1.29, 1.82) is 0 Å². The van der Waals surface area contributed by atoms with Crippen molar-refractivity contribution < 1.29 is 23.5 Å². The molecule has 10 rings (SSSR count). The Morgan fingerprint density at radius 3 is 2.02 bits per heavy atom. The van der Waals surface area contributed by atoms with E-state index in [-0.39, 0.29) is 29.1 Å². The first-order valence-electron chi connectivity index (χ1n) is 18.8. The molecule has 2 saturated heterocycles. The number of carboxylic acids is 1. The van der Waals surface area contributed by atoms with Crippen molar-refractivity contribution in [2.75, 3.05) is 51.5 Å². The highest BCUT2D eigenvalue weighted by molar-refractivity contribution is 6.04. The van der Waals surface area contributed by atoms with Gasteiger partial charge in [0.15, 0.2) is 23.3 Å². The fraction of sp³-hybridized carbons (Fsp3) is 0.238. The monoisotopic (exact) mass is 783 g/mol. The van der Waals surface area contributed by atoms with Crippen molar-refractivity contribution in [2.45, 2.75) is 38.8 Å². The summed E-state index contributed by atoms with van der Waals surface area (Å²) in [6.45, 7) is 7.13. The summed E-state index contributed by atoms with van der Waals surface area (Å²) in [5.41, 5.74) is 5.94. The Morgan fingerprint density at radius 2 is 1.41 bits per heavy atom. The summed E-state index contributed by atoms with van der Waals surface area (Å²) in [6, 6.07) is 17.1. The second kappa shape index (κ2) is 16.2. The molecule has 0 radical (unpaired) electrons. The number of aromatic nitrogens is 6. The second-order valence-electron chi connectivity index (χ2n) is 14.3. The maximum atomic E-state index is 14.9. The number of carbonyl (C=O) groups excluding carboxylic acids is 1. The number of pyridine rings is 6. The van der Waals surface area contributed by atoms with Crippen LogP contribution in [0.4, 0.5) is 42.3 Å². The van der Waals surface area contributed by atoms with E-state index in [1.165, 1.54) is 24.5 Å². The summed E-state index contributed by atoms with van der Waals surface area (Å²) in [6.07, 6.45) is 11.2. The lowest BCUT2D eigenvalue weighted by Gasteiger charge is -2.36. The second-order valence-corrected chi connectivity index (χ2v) is 14.3. The average Bonchev–Trinajstić information content (AvgIpc) is 3.85. The number of carbonyl (C=O) groups is 2. The molecule has 6 aromatic rings. The van der Waals surface area contributed by atoms with Gasteiger partial charge in [-0.1, -0.05) is 0 Å². The number of halogens is 2. The SMILES string of the molecule is Cc1ccc(-c2nc3c(cc2F)N2CC[C@@H](C2)N3)cn1.Cc1ccc(-c2nc3c(cc2F)N2CC[C@@H](C2)N3C(=O)Nc2cccnc2)cn1.O=C(O)c1cccnc1. The van der Waals surface area contributed by atoms with Crippen LogP contribution in [0.15, 0.2) is 97.8 Å².